The van der Waals surface area contributed by atoms with E-state index >= 15 is 0 Å². The smallest absolute Gasteiger partial charge is 0.0558 e. The molecular weight excluding hydrogens is 174 g/mol. The first-order chi connectivity index (χ1) is 6.90. The maximum absolute atomic E-state index is 9.04. The van der Waals surface area contributed by atoms with Gasteiger partial charge in [0.05, 0.1) is 6.61 Å². The van der Waals surface area contributed by atoms with Crippen LogP contribution in [0.15, 0.2) is 0 Å². The third-order valence-electron chi connectivity index (χ3n) is 3.95. The van der Waals surface area contributed by atoms with Gasteiger partial charge in [-0.25, -0.2) is 0 Å². The molecule has 0 amide bonds. The quantitative estimate of drug-likeness (QED) is 0.729. The molecule has 2 aliphatic rings. The van der Waals surface area contributed by atoms with Crippen molar-refractivity contribution in [2.24, 2.45) is 5.92 Å². The SMILES string of the molecule is OCCN(CC1CCCC1)C1CCC1. The van der Waals surface area contributed by atoms with Gasteiger partial charge in [-0.3, -0.25) is 4.90 Å². The second-order valence-corrected chi connectivity index (χ2v) is 4.95. The van der Waals surface area contributed by atoms with Crippen LogP contribution >= 0.6 is 0 Å². The van der Waals surface area contributed by atoms with Gasteiger partial charge in [-0.1, -0.05) is 19.3 Å². The summed E-state index contributed by atoms with van der Waals surface area (Å²) in [7, 11) is 0. The van der Waals surface area contributed by atoms with Crippen molar-refractivity contribution in [1.29, 1.82) is 0 Å². The fourth-order valence-electron chi connectivity index (χ4n) is 2.83. The van der Waals surface area contributed by atoms with Crippen molar-refractivity contribution in [3.63, 3.8) is 0 Å². The third-order valence-corrected chi connectivity index (χ3v) is 3.95. The molecule has 1 N–H and O–H groups in total. The standard InChI is InChI=1S/C12H23NO/c14-9-8-13(12-6-3-7-12)10-11-4-1-2-5-11/h11-12,14H,1-10H2. The van der Waals surface area contributed by atoms with Gasteiger partial charge in [0.15, 0.2) is 0 Å². The highest BCUT2D eigenvalue weighted by atomic mass is 16.3. The van der Waals surface area contributed by atoms with E-state index < -0.39 is 0 Å². The van der Waals surface area contributed by atoms with Gasteiger partial charge in [0, 0.05) is 19.1 Å². The van der Waals surface area contributed by atoms with Gasteiger partial charge in [-0.15, -0.1) is 0 Å². The molecular formula is C12H23NO. The molecule has 0 radical (unpaired) electrons. The Hall–Kier alpha value is -0.0800. The van der Waals surface area contributed by atoms with Gasteiger partial charge >= 0.3 is 0 Å². The molecule has 0 heterocycles. The van der Waals surface area contributed by atoms with Gasteiger partial charge in [-0.05, 0) is 31.6 Å². The predicted octanol–water partition coefficient (Wildman–Crippen LogP) is 2.02. The zero-order chi connectivity index (χ0) is 9.80. The third kappa shape index (κ3) is 2.48. The van der Waals surface area contributed by atoms with E-state index in [1.54, 1.807) is 0 Å². The molecule has 2 saturated carbocycles. The Balaban J connectivity index is 1.76. The second kappa shape index (κ2) is 5.13. The molecule has 0 atom stereocenters. The van der Waals surface area contributed by atoms with Crippen LogP contribution in [0.5, 0.6) is 0 Å². The molecule has 0 unspecified atom stereocenters. The fourth-order valence-corrected chi connectivity index (χ4v) is 2.83. The van der Waals surface area contributed by atoms with Crippen LogP contribution in [0.4, 0.5) is 0 Å². The summed E-state index contributed by atoms with van der Waals surface area (Å²) in [6.07, 6.45) is 9.85. The van der Waals surface area contributed by atoms with Crippen molar-refractivity contribution < 1.29 is 5.11 Å². The van der Waals surface area contributed by atoms with Gasteiger partial charge in [-0.2, -0.15) is 0 Å². The van der Waals surface area contributed by atoms with Crippen molar-refractivity contribution in [3.8, 4) is 0 Å². The van der Waals surface area contributed by atoms with E-state index in [1.165, 1.54) is 51.5 Å². The van der Waals surface area contributed by atoms with Gasteiger partial charge < -0.3 is 5.11 Å². The number of aliphatic hydroxyl groups excluding tert-OH is 1. The highest BCUT2D eigenvalue weighted by Crippen LogP contribution is 2.30. The topological polar surface area (TPSA) is 23.5 Å². The Morgan fingerprint density at radius 1 is 1.00 bits per heavy atom. The van der Waals surface area contributed by atoms with Crippen LogP contribution in [-0.2, 0) is 0 Å². The van der Waals surface area contributed by atoms with Crippen LogP contribution in [0.2, 0.25) is 0 Å². The highest BCUT2D eigenvalue weighted by molar-refractivity contribution is 4.82. The molecule has 0 bridgehead atoms. The average Bonchev–Trinajstić information content (AvgIpc) is 2.54. The minimum absolute atomic E-state index is 0.337. The summed E-state index contributed by atoms with van der Waals surface area (Å²) in [5.41, 5.74) is 0. The summed E-state index contributed by atoms with van der Waals surface area (Å²) in [4.78, 5) is 2.54. The number of hydrogen-bond donors (Lipinski definition) is 1. The van der Waals surface area contributed by atoms with Crippen molar-refractivity contribution in [2.75, 3.05) is 19.7 Å². The van der Waals surface area contributed by atoms with Gasteiger partial charge in [0.25, 0.3) is 0 Å². The van der Waals surface area contributed by atoms with E-state index in [0.29, 0.717) is 6.61 Å². The average molecular weight is 197 g/mol. The highest BCUT2D eigenvalue weighted by Gasteiger charge is 2.27. The summed E-state index contributed by atoms with van der Waals surface area (Å²) >= 11 is 0. The monoisotopic (exact) mass is 197 g/mol. The van der Waals surface area contributed by atoms with E-state index in [4.69, 9.17) is 5.11 Å². The van der Waals surface area contributed by atoms with E-state index in [0.717, 1.165) is 18.5 Å². The number of aliphatic hydroxyl groups is 1. The Bertz CT molecular complexity index is 162. The molecule has 0 aromatic rings. The molecule has 14 heavy (non-hydrogen) atoms. The zero-order valence-corrected chi connectivity index (χ0v) is 9.12. The van der Waals surface area contributed by atoms with Crippen LogP contribution in [-0.4, -0.2) is 35.7 Å². The molecule has 0 saturated heterocycles. The molecule has 0 aliphatic heterocycles. The second-order valence-electron chi connectivity index (χ2n) is 4.95. The van der Waals surface area contributed by atoms with E-state index in [-0.39, 0.29) is 0 Å². The molecule has 0 aromatic heterocycles. The molecule has 2 nitrogen and oxygen atoms in total. The summed E-state index contributed by atoms with van der Waals surface area (Å²) < 4.78 is 0. The van der Waals surface area contributed by atoms with E-state index in [1.807, 2.05) is 0 Å². The van der Waals surface area contributed by atoms with Gasteiger partial charge in [0.1, 0.15) is 0 Å². The lowest BCUT2D eigenvalue weighted by Gasteiger charge is -2.38. The molecule has 82 valence electrons. The molecule has 0 aromatic carbocycles. The van der Waals surface area contributed by atoms with Crippen molar-refractivity contribution in [1.82, 2.24) is 4.90 Å². The van der Waals surface area contributed by atoms with E-state index in [9.17, 15) is 0 Å². The Labute approximate surface area is 87.3 Å². The minimum Gasteiger partial charge on any atom is -0.395 e. The molecule has 2 rings (SSSR count). The summed E-state index contributed by atoms with van der Waals surface area (Å²) in [5.74, 6) is 0.933. The largest absolute Gasteiger partial charge is 0.395 e. The Kier molecular flexibility index (Phi) is 3.82. The Morgan fingerprint density at radius 2 is 1.71 bits per heavy atom. The summed E-state index contributed by atoms with van der Waals surface area (Å²) in [6, 6.07) is 0.808. The maximum atomic E-state index is 9.04. The molecule has 2 fully saturated rings. The fraction of sp³-hybridized carbons (Fsp3) is 1.00. The lowest BCUT2D eigenvalue weighted by molar-refractivity contribution is 0.0858. The van der Waals surface area contributed by atoms with Crippen LogP contribution < -0.4 is 0 Å². The first-order valence-corrected chi connectivity index (χ1v) is 6.25. The number of nitrogens with zero attached hydrogens (tertiary/aromatic N) is 1. The van der Waals surface area contributed by atoms with Crippen LogP contribution in [0, 0.1) is 5.92 Å². The minimum atomic E-state index is 0.337. The van der Waals surface area contributed by atoms with Crippen molar-refractivity contribution >= 4 is 0 Å². The van der Waals surface area contributed by atoms with Crippen LogP contribution in [0.3, 0.4) is 0 Å². The van der Waals surface area contributed by atoms with Crippen LogP contribution in [0.25, 0.3) is 0 Å². The van der Waals surface area contributed by atoms with Crippen molar-refractivity contribution in [2.45, 2.75) is 51.0 Å². The number of rotatable bonds is 5. The summed E-state index contributed by atoms with van der Waals surface area (Å²) in [5, 5.41) is 9.04. The maximum Gasteiger partial charge on any atom is 0.0558 e. The van der Waals surface area contributed by atoms with Crippen LogP contribution in [0.1, 0.15) is 44.9 Å². The Morgan fingerprint density at radius 3 is 2.21 bits per heavy atom. The predicted molar refractivity (Wildman–Crippen MR) is 58.3 cm³/mol. The molecule has 2 heteroatoms. The lowest BCUT2D eigenvalue weighted by Crippen LogP contribution is -2.43. The normalized spacial score (nSPS) is 24.4. The van der Waals surface area contributed by atoms with Crippen molar-refractivity contribution in [3.05, 3.63) is 0 Å². The first-order valence-electron chi connectivity index (χ1n) is 6.25. The van der Waals surface area contributed by atoms with E-state index in [2.05, 4.69) is 4.90 Å². The zero-order valence-electron chi connectivity index (χ0n) is 9.12. The first kappa shape index (κ1) is 10.4. The number of hydrogen-bond acceptors (Lipinski definition) is 2. The van der Waals surface area contributed by atoms with Gasteiger partial charge in [0.2, 0.25) is 0 Å². The molecule has 2 aliphatic carbocycles. The molecule has 0 spiro atoms. The summed E-state index contributed by atoms with van der Waals surface area (Å²) in [6.45, 7) is 2.50. The lowest BCUT2D eigenvalue weighted by atomic mass is 9.90.